The number of hydrogen-bond donors (Lipinski definition) is 3. The highest BCUT2D eigenvalue weighted by molar-refractivity contribution is 5.73. The molecule has 2 rings (SSSR count). The van der Waals surface area contributed by atoms with E-state index in [0.717, 1.165) is 22.4 Å². The highest BCUT2D eigenvalue weighted by Crippen LogP contribution is 2.13. The first-order chi connectivity index (χ1) is 12.1. The summed E-state index contributed by atoms with van der Waals surface area (Å²) in [5.41, 5.74) is 2.73. The molecule has 0 aliphatic rings. The molecular weight excluding hydrogens is 316 g/mol. The number of nitrogens with one attached hydrogen (secondary N) is 2. The molecule has 0 spiro atoms. The summed E-state index contributed by atoms with van der Waals surface area (Å²) in [6.07, 6.45) is 0. The molecule has 5 nitrogen and oxygen atoms in total. The van der Waals surface area contributed by atoms with E-state index in [2.05, 4.69) is 24.5 Å². The predicted molar refractivity (Wildman–Crippen MR) is 98.2 cm³/mol. The predicted octanol–water partition coefficient (Wildman–Crippen LogP) is 3.21. The molecule has 0 radical (unpaired) electrons. The van der Waals surface area contributed by atoms with Crippen LogP contribution in [0.5, 0.6) is 5.75 Å². The lowest BCUT2D eigenvalue weighted by Crippen LogP contribution is -2.34. The van der Waals surface area contributed by atoms with Crippen molar-refractivity contribution in [3.05, 3.63) is 65.2 Å². The van der Waals surface area contributed by atoms with Crippen molar-refractivity contribution in [2.24, 2.45) is 5.92 Å². The molecule has 0 atom stereocenters. The van der Waals surface area contributed by atoms with Gasteiger partial charge in [0.2, 0.25) is 0 Å². The zero-order valence-corrected chi connectivity index (χ0v) is 14.8. The van der Waals surface area contributed by atoms with Gasteiger partial charge in [-0.2, -0.15) is 0 Å². The standard InChI is InChI=1S/C20H26N2O3/c1-15(2)14-25-19-9-7-16(8-10-19)11-21-20(24)22-12-17-5-3-4-6-18(17)13-23/h3-10,15,23H,11-14H2,1-2H3,(H2,21,22,24). The van der Waals surface area contributed by atoms with E-state index in [1.807, 2.05) is 48.5 Å². The van der Waals surface area contributed by atoms with Crippen molar-refractivity contribution in [2.75, 3.05) is 6.61 Å². The summed E-state index contributed by atoms with van der Waals surface area (Å²) in [6.45, 7) is 5.69. The van der Waals surface area contributed by atoms with Crippen molar-refractivity contribution >= 4 is 6.03 Å². The minimum Gasteiger partial charge on any atom is -0.493 e. The van der Waals surface area contributed by atoms with Crippen LogP contribution < -0.4 is 15.4 Å². The van der Waals surface area contributed by atoms with Crippen LogP contribution in [-0.2, 0) is 19.7 Å². The number of carbonyl (C=O) groups excluding carboxylic acids is 1. The van der Waals surface area contributed by atoms with E-state index >= 15 is 0 Å². The van der Waals surface area contributed by atoms with Gasteiger partial charge >= 0.3 is 6.03 Å². The highest BCUT2D eigenvalue weighted by Gasteiger charge is 2.04. The number of rotatable bonds is 8. The molecule has 0 unspecified atom stereocenters. The maximum absolute atomic E-state index is 11.9. The second kappa shape index (κ2) is 9.69. The Morgan fingerprint density at radius 1 is 1.00 bits per heavy atom. The van der Waals surface area contributed by atoms with Crippen LogP contribution in [0.4, 0.5) is 4.79 Å². The maximum Gasteiger partial charge on any atom is 0.315 e. The second-order valence-electron chi connectivity index (χ2n) is 6.31. The zero-order chi connectivity index (χ0) is 18.1. The van der Waals surface area contributed by atoms with Crippen molar-refractivity contribution in [3.8, 4) is 5.75 Å². The van der Waals surface area contributed by atoms with Crippen molar-refractivity contribution in [1.82, 2.24) is 10.6 Å². The van der Waals surface area contributed by atoms with E-state index in [1.54, 1.807) is 0 Å². The van der Waals surface area contributed by atoms with E-state index in [0.29, 0.717) is 25.6 Å². The Hall–Kier alpha value is -2.53. The average molecular weight is 342 g/mol. The van der Waals surface area contributed by atoms with Crippen LogP contribution >= 0.6 is 0 Å². The van der Waals surface area contributed by atoms with Gasteiger partial charge in [-0.1, -0.05) is 50.2 Å². The Labute approximate surface area is 149 Å². The van der Waals surface area contributed by atoms with E-state index in [9.17, 15) is 9.90 Å². The normalized spacial score (nSPS) is 10.6. The van der Waals surface area contributed by atoms with Gasteiger partial charge in [-0.05, 0) is 34.7 Å². The van der Waals surface area contributed by atoms with Crippen LogP contribution in [0.2, 0.25) is 0 Å². The van der Waals surface area contributed by atoms with Crippen LogP contribution in [-0.4, -0.2) is 17.7 Å². The van der Waals surface area contributed by atoms with Gasteiger partial charge < -0.3 is 20.5 Å². The number of ether oxygens (including phenoxy) is 1. The molecular formula is C20H26N2O3. The SMILES string of the molecule is CC(C)COc1ccc(CNC(=O)NCc2ccccc2CO)cc1. The fourth-order valence-electron chi connectivity index (χ4n) is 2.27. The molecule has 134 valence electrons. The minimum atomic E-state index is -0.243. The van der Waals surface area contributed by atoms with Crippen LogP contribution in [0.15, 0.2) is 48.5 Å². The topological polar surface area (TPSA) is 70.6 Å². The third-order valence-corrected chi connectivity index (χ3v) is 3.69. The number of carbonyl (C=O) groups is 1. The molecule has 0 aliphatic carbocycles. The van der Waals surface area contributed by atoms with Gasteiger partial charge in [0.1, 0.15) is 5.75 Å². The summed E-state index contributed by atoms with van der Waals surface area (Å²) in [6, 6.07) is 14.9. The molecule has 5 heteroatoms. The summed E-state index contributed by atoms with van der Waals surface area (Å²) < 4.78 is 5.64. The first-order valence-electron chi connectivity index (χ1n) is 8.49. The summed E-state index contributed by atoms with van der Waals surface area (Å²) in [5.74, 6) is 1.32. The van der Waals surface area contributed by atoms with Gasteiger partial charge in [0.05, 0.1) is 13.2 Å². The molecule has 0 fully saturated rings. The average Bonchev–Trinajstić information content (AvgIpc) is 2.64. The first-order valence-corrected chi connectivity index (χ1v) is 8.49. The van der Waals surface area contributed by atoms with Crippen molar-refractivity contribution in [3.63, 3.8) is 0 Å². The first kappa shape index (κ1) is 18.8. The Balaban J connectivity index is 1.76. The zero-order valence-electron chi connectivity index (χ0n) is 14.8. The lowest BCUT2D eigenvalue weighted by atomic mass is 10.1. The van der Waals surface area contributed by atoms with Crippen LogP contribution in [0, 0.1) is 5.92 Å². The smallest absolute Gasteiger partial charge is 0.315 e. The molecule has 0 aromatic heterocycles. The Bertz CT molecular complexity index is 669. The maximum atomic E-state index is 11.9. The Kier molecular flexibility index (Phi) is 7.29. The quantitative estimate of drug-likeness (QED) is 0.690. The fourth-order valence-corrected chi connectivity index (χ4v) is 2.27. The van der Waals surface area contributed by atoms with Crippen molar-refractivity contribution in [2.45, 2.75) is 33.5 Å². The van der Waals surface area contributed by atoms with Crippen molar-refractivity contribution in [1.29, 1.82) is 0 Å². The lowest BCUT2D eigenvalue weighted by Gasteiger charge is -2.11. The van der Waals surface area contributed by atoms with Gasteiger partial charge in [-0.25, -0.2) is 4.79 Å². The van der Waals surface area contributed by atoms with Gasteiger partial charge in [0, 0.05) is 13.1 Å². The number of hydrogen-bond acceptors (Lipinski definition) is 3. The molecule has 25 heavy (non-hydrogen) atoms. The largest absolute Gasteiger partial charge is 0.493 e. The van der Waals surface area contributed by atoms with Gasteiger partial charge in [-0.3, -0.25) is 0 Å². The number of amides is 2. The highest BCUT2D eigenvalue weighted by atomic mass is 16.5. The third-order valence-electron chi connectivity index (χ3n) is 3.69. The van der Waals surface area contributed by atoms with Crippen molar-refractivity contribution < 1.29 is 14.6 Å². The monoisotopic (exact) mass is 342 g/mol. The number of aliphatic hydroxyl groups excluding tert-OH is 1. The van der Waals surface area contributed by atoms with Crippen LogP contribution in [0.3, 0.4) is 0 Å². The molecule has 3 N–H and O–H groups in total. The molecule has 0 aliphatic heterocycles. The summed E-state index contributed by atoms with van der Waals surface area (Å²) in [4.78, 5) is 11.9. The number of benzene rings is 2. The molecule has 2 aromatic carbocycles. The fraction of sp³-hybridized carbons (Fsp3) is 0.350. The van der Waals surface area contributed by atoms with Crippen LogP contribution in [0.25, 0.3) is 0 Å². The van der Waals surface area contributed by atoms with Gasteiger partial charge in [-0.15, -0.1) is 0 Å². The summed E-state index contributed by atoms with van der Waals surface area (Å²) in [7, 11) is 0. The molecule has 0 saturated heterocycles. The molecule has 0 heterocycles. The van der Waals surface area contributed by atoms with Crippen LogP contribution in [0.1, 0.15) is 30.5 Å². The molecule has 0 saturated carbocycles. The number of aliphatic hydroxyl groups is 1. The summed E-state index contributed by atoms with van der Waals surface area (Å²) >= 11 is 0. The third kappa shape index (κ3) is 6.47. The minimum absolute atomic E-state index is 0.0370. The van der Waals surface area contributed by atoms with Gasteiger partial charge in [0.15, 0.2) is 0 Å². The van der Waals surface area contributed by atoms with E-state index < -0.39 is 0 Å². The van der Waals surface area contributed by atoms with E-state index in [-0.39, 0.29) is 12.6 Å². The van der Waals surface area contributed by atoms with E-state index in [4.69, 9.17) is 4.74 Å². The second-order valence-corrected chi connectivity index (χ2v) is 6.31. The number of urea groups is 1. The molecule has 2 aromatic rings. The lowest BCUT2D eigenvalue weighted by molar-refractivity contribution is 0.239. The van der Waals surface area contributed by atoms with E-state index in [1.165, 1.54) is 0 Å². The summed E-state index contributed by atoms with van der Waals surface area (Å²) in [5, 5.41) is 14.9. The Morgan fingerprint density at radius 2 is 1.64 bits per heavy atom. The van der Waals surface area contributed by atoms with Gasteiger partial charge in [0.25, 0.3) is 0 Å². The molecule has 2 amide bonds. The Morgan fingerprint density at radius 3 is 2.28 bits per heavy atom. The molecule has 0 bridgehead atoms.